The van der Waals surface area contributed by atoms with Gasteiger partial charge < -0.3 is 24.8 Å². The Morgan fingerprint density at radius 3 is 1.81 bits per heavy atom. The fraction of sp³-hybridized carbons (Fsp3) is 0.308. The number of fused-ring (bicyclic) bond motifs is 3. The number of esters is 1. The van der Waals surface area contributed by atoms with Gasteiger partial charge in [-0.25, -0.2) is 9.59 Å². The molecule has 0 spiro atoms. The predicted molar refractivity (Wildman–Crippen MR) is 181 cm³/mol. The summed E-state index contributed by atoms with van der Waals surface area (Å²) in [4.78, 5) is 40.6. The van der Waals surface area contributed by atoms with Gasteiger partial charge in [-0.3, -0.25) is 4.79 Å². The number of amides is 2. The van der Waals surface area contributed by atoms with E-state index in [9.17, 15) is 14.4 Å². The van der Waals surface area contributed by atoms with E-state index in [4.69, 9.17) is 14.2 Å². The second-order valence-corrected chi connectivity index (χ2v) is 12.7. The molecule has 0 radical (unpaired) electrons. The van der Waals surface area contributed by atoms with Crippen molar-refractivity contribution in [2.75, 3.05) is 6.61 Å². The van der Waals surface area contributed by atoms with Crippen LogP contribution in [0.25, 0.3) is 11.1 Å². The monoisotopic (exact) mass is 634 g/mol. The Morgan fingerprint density at radius 1 is 0.702 bits per heavy atom. The van der Waals surface area contributed by atoms with Crippen molar-refractivity contribution < 1.29 is 28.6 Å². The zero-order chi connectivity index (χ0) is 33.4. The topological polar surface area (TPSA) is 103 Å². The maximum atomic E-state index is 13.9. The Morgan fingerprint density at radius 2 is 1.23 bits per heavy atom. The van der Waals surface area contributed by atoms with Gasteiger partial charge in [0.2, 0.25) is 5.91 Å². The molecule has 0 saturated heterocycles. The molecule has 47 heavy (non-hydrogen) atoms. The van der Waals surface area contributed by atoms with Crippen molar-refractivity contribution in [3.05, 3.63) is 131 Å². The first-order chi connectivity index (χ1) is 22.6. The molecule has 244 valence electrons. The lowest BCUT2D eigenvalue weighted by Crippen LogP contribution is -2.57. The Bertz CT molecular complexity index is 1620. The highest BCUT2D eigenvalue weighted by atomic mass is 16.6. The van der Waals surface area contributed by atoms with Crippen molar-refractivity contribution in [2.45, 2.75) is 70.4 Å². The van der Waals surface area contributed by atoms with Gasteiger partial charge in [-0.15, -0.1) is 0 Å². The van der Waals surface area contributed by atoms with Crippen molar-refractivity contribution in [1.29, 1.82) is 0 Å². The van der Waals surface area contributed by atoms with E-state index in [0.29, 0.717) is 0 Å². The highest BCUT2D eigenvalue weighted by Crippen LogP contribution is 2.44. The molecule has 1 aliphatic carbocycles. The lowest BCUT2D eigenvalue weighted by molar-refractivity contribution is -0.150. The number of carbonyl (C=O) groups is 3. The minimum absolute atomic E-state index is 0.0613. The number of alkyl carbamates (subject to hydrolysis) is 1. The zero-order valence-corrected chi connectivity index (χ0v) is 27.3. The second kappa shape index (κ2) is 15.1. The Hall–Kier alpha value is -4.95. The molecule has 4 aromatic carbocycles. The molecule has 0 aromatic heterocycles. The van der Waals surface area contributed by atoms with Gasteiger partial charge >= 0.3 is 12.1 Å². The fourth-order valence-electron chi connectivity index (χ4n) is 5.92. The molecule has 5 rings (SSSR count). The summed E-state index contributed by atoms with van der Waals surface area (Å²) in [5.41, 5.74) is 5.45. The summed E-state index contributed by atoms with van der Waals surface area (Å²) in [6.45, 7) is 7.46. The minimum Gasteiger partial charge on any atom is -0.459 e. The van der Waals surface area contributed by atoms with Crippen LogP contribution < -0.4 is 10.6 Å². The SMILES string of the molecule is C[C@H](OC(C)(C)C)[C@@H](NC(=O)OCC1c2ccccc2-c2ccccc21)C(=O)N[C@@H](Cc1ccccc1)C(=O)OCc1ccccc1. The summed E-state index contributed by atoms with van der Waals surface area (Å²) in [5, 5.41) is 5.56. The highest BCUT2D eigenvalue weighted by molar-refractivity contribution is 5.90. The first-order valence-electron chi connectivity index (χ1n) is 15.9. The third-order valence-corrected chi connectivity index (χ3v) is 8.02. The maximum absolute atomic E-state index is 13.9. The van der Waals surface area contributed by atoms with Crippen molar-refractivity contribution in [2.24, 2.45) is 0 Å². The van der Waals surface area contributed by atoms with Crippen molar-refractivity contribution in [3.63, 3.8) is 0 Å². The number of ether oxygens (including phenoxy) is 3. The lowest BCUT2D eigenvalue weighted by Gasteiger charge is -2.31. The van der Waals surface area contributed by atoms with E-state index in [2.05, 4.69) is 22.8 Å². The second-order valence-electron chi connectivity index (χ2n) is 12.7. The van der Waals surface area contributed by atoms with Crippen LogP contribution in [-0.4, -0.2) is 48.4 Å². The predicted octanol–water partition coefficient (Wildman–Crippen LogP) is 6.57. The van der Waals surface area contributed by atoms with Crippen LogP contribution in [0, 0.1) is 0 Å². The van der Waals surface area contributed by atoms with Gasteiger partial charge in [0, 0.05) is 12.3 Å². The maximum Gasteiger partial charge on any atom is 0.407 e. The molecule has 8 heteroatoms. The number of hydrogen-bond donors (Lipinski definition) is 2. The van der Waals surface area contributed by atoms with Crippen molar-refractivity contribution >= 4 is 18.0 Å². The van der Waals surface area contributed by atoms with E-state index in [-0.39, 0.29) is 25.6 Å². The summed E-state index contributed by atoms with van der Waals surface area (Å²) in [6.07, 6.45) is -1.32. The summed E-state index contributed by atoms with van der Waals surface area (Å²) in [7, 11) is 0. The molecule has 0 bridgehead atoms. The fourth-order valence-corrected chi connectivity index (χ4v) is 5.92. The molecular weight excluding hydrogens is 592 g/mol. The normalized spacial score (nSPS) is 14.2. The van der Waals surface area contributed by atoms with E-state index in [1.54, 1.807) is 6.92 Å². The van der Waals surface area contributed by atoms with Crippen LogP contribution in [0.5, 0.6) is 0 Å². The van der Waals surface area contributed by atoms with E-state index in [1.165, 1.54) is 0 Å². The van der Waals surface area contributed by atoms with Gasteiger partial charge in [-0.1, -0.05) is 109 Å². The van der Waals surface area contributed by atoms with E-state index >= 15 is 0 Å². The van der Waals surface area contributed by atoms with Gasteiger partial charge in [-0.2, -0.15) is 0 Å². The molecule has 0 unspecified atom stereocenters. The molecule has 0 aliphatic heterocycles. The number of benzene rings is 4. The quantitative estimate of drug-likeness (QED) is 0.171. The van der Waals surface area contributed by atoms with Gasteiger partial charge in [0.1, 0.15) is 25.3 Å². The molecule has 0 saturated carbocycles. The van der Waals surface area contributed by atoms with E-state index in [1.807, 2.05) is 118 Å². The molecule has 4 aromatic rings. The van der Waals surface area contributed by atoms with Crippen LogP contribution in [0.2, 0.25) is 0 Å². The van der Waals surface area contributed by atoms with E-state index < -0.39 is 41.8 Å². The first-order valence-corrected chi connectivity index (χ1v) is 15.9. The smallest absolute Gasteiger partial charge is 0.407 e. The summed E-state index contributed by atoms with van der Waals surface area (Å²) in [6, 6.07) is 32.7. The van der Waals surface area contributed by atoms with E-state index in [0.717, 1.165) is 33.4 Å². The minimum atomic E-state index is -1.16. The molecule has 8 nitrogen and oxygen atoms in total. The molecule has 0 heterocycles. The van der Waals surface area contributed by atoms with Crippen molar-refractivity contribution in [1.82, 2.24) is 10.6 Å². The molecule has 0 fully saturated rings. The van der Waals surface area contributed by atoms with Crippen molar-refractivity contribution in [3.8, 4) is 11.1 Å². The number of hydrogen-bond acceptors (Lipinski definition) is 6. The van der Waals surface area contributed by atoms with Crippen LogP contribution in [0.4, 0.5) is 4.79 Å². The number of carbonyl (C=O) groups excluding carboxylic acids is 3. The average molecular weight is 635 g/mol. The summed E-state index contributed by atoms with van der Waals surface area (Å²) in [5.74, 6) is -1.32. The molecule has 2 amide bonds. The molecular formula is C39H42N2O6. The zero-order valence-electron chi connectivity index (χ0n) is 27.3. The summed E-state index contributed by atoms with van der Waals surface area (Å²) < 4.78 is 17.5. The number of rotatable bonds is 12. The van der Waals surface area contributed by atoms with Gasteiger partial charge in [0.05, 0.1) is 11.7 Å². The van der Waals surface area contributed by atoms with Crippen LogP contribution in [0.1, 0.15) is 55.9 Å². The average Bonchev–Trinajstić information content (AvgIpc) is 3.38. The third kappa shape index (κ3) is 8.86. The summed E-state index contributed by atoms with van der Waals surface area (Å²) >= 11 is 0. The van der Waals surface area contributed by atoms with Crippen LogP contribution in [-0.2, 0) is 36.8 Å². The largest absolute Gasteiger partial charge is 0.459 e. The van der Waals surface area contributed by atoms with Gasteiger partial charge in [-0.05, 0) is 61.1 Å². The Balaban J connectivity index is 1.30. The van der Waals surface area contributed by atoms with Crippen LogP contribution in [0.15, 0.2) is 109 Å². The Labute approximate surface area is 276 Å². The van der Waals surface area contributed by atoms with Crippen LogP contribution in [0.3, 0.4) is 0 Å². The first kappa shape index (κ1) is 33.4. The van der Waals surface area contributed by atoms with Crippen LogP contribution >= 0.6 is 0 Å². The van der Waals surface area contributed by atoms with Gasteiger partial charge in [0.15, 0.2) is 0 Å². The third-order valence-electron chi connectivity index (χ3n) is 8.02. The molecule has 3 atom stereocenters. The molecule has 1 aliphatic rings. The Kier molecular flexibility index (Phi) is 10.7. The standard InChI is InChI=1S/C39H42N2O6/c1-26(47-39(2,3)4)35(41-38(44)46-25-33-31-21-13-11-19-29(31)30-20-12-14-22-32(30)33)36(42)40-34(23-27-15-7-5-8-16-27)37(43)45-24-28-17-9-6-10-18-28/h5-22,26,33-35H,23-25H2,1-4H3,(H,40,42)(H,41,44)/t26-,34-,35+/m0/s1. The number of nitrogens with one attached hydrogen (secondary N) is 2. The molecule has 2 N–H and O–H groups in total. The highest BCUT2D eigenvalue weighted by Gasteiger charge is 2.35. The lowest BCUT2D eigenvalue weighted by atomic mass is 9.98. The van der Waals surface area contributed by atoms with Gasteiger partial charge in [0.25, 0.3) is 0 Å².